The van der Waals surface area contributed by atoms with E-state index in [-0.39, 0.29) is 0 Å². The number of alkyl halides is 1. The van der Waals surface area contributed by atoms with E-state index >= 15 is 0 Å². The number of aromatic nitrogens is 2. The summed E-state index contributed by atoms with van der Waals surface area (Å²) in [5.41, 5.74) is 5.32. The molecule has 0 atom stereocenters. The second kappa shape index (κ2) is 5.41. The summed E-state index contributed by atoms with van der Waals surface area (Å²) in [6.07, 6.45) is 0. The smallest absolute Gasteiger partial charge is 0.142 e. The van der Waals surface area contributed by atoms with Crippen LogP contribution in [0.15, 0.2) is 36.4 Å². The van der Waals surface area contributed by atoms with Gasteiger partial charge < -0.3 is 4.74 Å². The Labute approximate surface area is 129 Å². The highest BCUT2D eigenvalue weighted by Gasteiger charge is 2.15. The Hall–Kier alpha value is -2.00. The molecule has 0 spiro atoms. The van der Waals surface area contributed by atoms with Crippen molar-refractivity contribution in [2.24, 2.45) is 0 Å². The van der Waals surface area contributed by atoms with E-state index in [1.165, 1.54) is 11.1 Å². The summed E-state index contributed by atoms with van der Waals surface area (Å²) in [5.74, 6) is 1.98. The number of halogens is 1. The molecule has 3 nitrogen and oxygen atoms in total. The van der Waals surface area contributed by atoms with Gasteiger partial charge in [0.1, 0.15) is 11.6 Å². The first-order valence-corrected chi connectivity index (χ1v) is 7.36. The minimum Gasteiger partial charge on any atom is -0.495 e. The molecule has 0 aliphatic carbocycles. The fourth-order valence-corrected chi connectivity index (χ4v) is 2.75. The third-order valence-electron chi connectivity index (χ3n) is 3.57. The summed E-state index contributed by atoms with van der Waals surface area (Å²) in [6, 6.07) is 12.3. The van der Waals surface area contributed by atoms with Gasteiger partial charge in [-0.3, -0.25) is 4.57 Å². The summed E-state index contributed by atoms with van der Waals surface area (Å²) in [5, 5.41) is 0. The number of methoxy groups -OCH3 is 1. The maximum Gasteiger partial charge on any atom is 0.142 e. The molecule has 0 aliphatic heterocycles. The van der Waals surface area contributed by atoms with Crippen LogP contribution in [0.5, 0.6) is 5.75 Å². The van der Waals surface area contributed by atoms with E-state index in [9.17, 15) is 0 Å². The Bertz CT molecular complexity index is 808. The summed E-state index contributed by atoms with van der Waals surface area (Å²) < 4.78 is 7.58. The van der Waals surface area contributed by atoms with Gasteiger partial charge in [-0.1, -0.05) is 12.1 Å². The topological polar surface area (TPSA) is 27.1 Å². The standard InChI is InChI=1S/C17H17ClN2O/c1-11-4-6-14-13(8-11)19-17(10-18)20(14)15-9-12(2)5-7-16(15)21-3/h4-9H,10H2,1-3H3. The number of benzene rings is 2. The third-order valence-corrected chi connectivity index (χ3v) is 3.81. The maximum atomic E-state index is 6.10. The number of hydrogen-bond donors (Lipinski definition) is 0. The Morgan fingerprint density at radius 1 is 1.10 bits per heavy atom. The summed E-state index contributed by atoms with van der Waals surface area (Å²) in [6.45, 7) is 4.12. The number of nitrogens with zero attached hydrogens (tertiary/aromatic N) is 2. The van der Waals surface area contributed by atoms with E-state index in [1.807, 2.05) is 12.1 Å². The van der Waals surface area contributed by atoms with Crippen molar-refractivity contribution in [1.29, 1.82) is 0 Å². The maximum absolute atomic E-state index is 6.10. The van der Waals surface area contributed by atoms with Gasteiger partial charge >= 0.3 is 0 Å². The van der Waals surface area contributed by atoms with Crippen LogP contribution in [0.4, 0.5) is 0 Å². The number of fused-ring (bicyclic) bond motifs is 1. The van der Waals surface area contributed by atoms with Crippen molar-refractivity contribution in [1.82, 2.24) is 9.55 Å². The van der Waals surface area contributed by atoms with Gasteiger partial charge in [0, 0.05) is 0 Å². The lowest BCUT2D eigenvalue weighted by molar-refractivity contribution is 0.413. The molecule has 2 aromatic carbocycles. The van der Waals surface area contributed by atoms with Crippen molar-refractivity contribution in [3.63, 3.8) is 0 Å². The molecule has 0 radical (unpaired) electrons. The highest BCUT2D eigenvalue weighted by Crippen LogP contribution is 2.30. The van der Waals surface area contributed by atoms with Gasteiger partial charge in [0.15, 0.2) is 0 Å². The van der Waals surface area contributed by atoms with Crippen molar-refractivity contribution in [2.45, 2.75) is 19.7 Å². The molecule has 0 aliphatic rings. The Balaban J connectivity index is 2.36. The first-order chi connectivity index (χ1) is 10.1. The largest absolute Gasteiger partial charge is 0.495 e. The van der Waals surface area contributed by atoms with E-state index in [1.54, 1.807) is 7.11 Å². The average molecular weight is 301 g/mol. The van der Waals surface area contributed by atoms with Crippen LogP contribution < -0.4 is 4.74 Å². The van der Waals surface area contributed by atoms with Crippen molar-refractivity contribution in [3.8, 4) is 11.4 Å². The highest BCUT2D eigenvalue weighted by molar-refractivity contribution is 6.17. The molecule has 0 N–H and O–H groups in total. The first-order valence-electron chi connectivity index (χ1n) is 6.83. The van der Waals surface area contributed by atoms with Crippen LogP contribution in [0.2, 0.25) is 0 Å². The lowest BCUT2D eigenvalue weighted by atomic mass is 10.2. The zero-order valence-corrected chi connectivity index (χ0v) is 13.1. The fourth-order valence-electron chi connectivity index (χ4n) is 2.57. The van der Waals surface area contributed by atoms with Crippen molar-refractivity contribution < 1.29 is 4.74 Å². The van der Waals surface area contributed by atoms with E-state index in [0.717, 1.165) is 28.3 Å². The van der Waals surface area contributed by atoms with Crippen LogP contribution >= 0.6 is 11.6 Å². The minimum absolute atomic E-state index is 0.352. The minimum atomic E-state index is 0.352. The molecule has 0 unspecified atom stereocenters. The molecule has 0 saturated heterocycles. The van der Waals surface area contributed by atoms with E-state index in [0.29, 0.717) is 5.88 Å². The number of rotatable bonds is 3. The van der Waals surface area contributed by atoms with Gasteiger partial charge in [-0.15, -0.1) is 11.6 Å². The molecule has 0 bridgehead atoms. The van der Waals surface area contributed by atoms with Gasteiger partial charge in [0.25, 0.3) is 0 Å². The number of imidazole rings is 1. The van der Waals surface area contributed by atoms with Gasteiger partial charge in [-0.25, -0.2) is 4.98 Å². The predicted octanol–water partition coefficient (Wildman–Crippen LogP) is 4.39. The van der Waals surface area contributed by atoms with Gasteiger partial charge in [0.2, 0.25) is 0 Å². The highest BCUT2D eigenvalue weighted by atomic mass is 35.5. The fraction of sp³-hybridized carbons (Fsp3) is 0.235. The number of aryl methyl sites for hydroxylation is 2. The zero-order valence-electron chi connectivity index (χ0n) is 12.4. The molecular weight excluding hydrogens is 284 g/mol. The van der Waals surface area contributed by atoms with Crippen LogP contribution in [0.1, 0.15) is 17.0 Å². The molecule has 4 heteroatoms. The van der Waals surface area contributed by atoms with Crippen molar-refractivity contribution in [2.75, 3.05) is 7.11 Å². The zero-order chi connectivity index (χ0) is 15.0. The molecule has 0 saturated carbocycles. The second-order valence-corrected chi connectivity index (χ2v) is 5.43. The average Bonchev–Trinajstić information content (AvgIpc) is 2.84. The van der Waals surface area contributed by atoms with Crippen LogP contribution in [-0.4, -0.2) is 16.7 Å². The molecule has 108 valence electrons. The molecule has 0 amide bonds. The van der Waals surface area contributed by atoms with Crippen molar-refractivity contribution in [3.05, 3.63) is 53.3 Å². The second-order valence-electron chi connectivity index (χ2n) is 5.16. The molecule has 3 rings (SSSR count). The van der Waals surface area contributed by atoms with E-state index in [4.69, 9.17) is 16.3 Å². The van der Waals surface area contributed by atoms with Gasteiger partial charge in [-0.05, 0) is 49.2 Å². The van der Waals surface area contributed by atoms with Crippen LogP contribution in [0.25, 0.3) is 16.7 Å². The Morgan fingerprint density at radius 2 is 1.81 bits per heavy atom. The molecule has 3 aromatic rings. The van der Waals surface area contributed by atoms with Crippen LogP contribution in [-0.2, 0) is 5.88 Å². The lowest BCUT2D eigenvalue weighted by Crippen LogP contribution is -2.02. The molecule has 1 heterocycles. The summed E-state index contributed by atoms with van der Waals surface area (Å²) in [4.78, 5) is 4.65. The number of hydrogen-bond acceptors (Lipinski definition) is 2. The Kier molecular flexibility index (Phi) is 3.60. The summed E-state index contributed by atoms with van der Waals surface area (Å²) in [7, 11) is 1.68. The van der Waals surface area contributed by atoms with Crippen LogP contribution in [0, 0.1) is 13.8 Å². The third kappa shape index (κ3) is 2.38. The summed E-state index contributed by atoms with van der Waals surface area (Å²) >= 11 is 6.10. The lowest BCUT2D eigenvalue weighted by Gasteiger charge is -2.13. The SMILES string of the molecule is COc1ccc(C)cc1-n1c(CCl)nc2cc(C)ccc21. The normalized spacial score (nSPS) is 11.0. The first kappa shape index (κ1) is 14.0. The predicted molar refractivity (Wildman–Crippen MR) is 86.7 cm³/mol. The quantitative estimate of drug-likeness (QED) is 0.671. The Morgan fingerprint density at radius 3 is 2.52 bits per heavy atom. The number of ether oxygens (including phenoxy) is 1. The molecular formula is C17H17ClN2O. The van der Waals surface area contributed by atoms with Crippen molar-refractivity contribution >= 4 is 22.6 Å². The van der Waals surface area contributed by atoms with E-state index in [2.05, 4.69) is 47.7 Å². The molecule has 1 aromatic heterocycles. The molecule has 0 fully saturated rings. The molecule has 21 heavy (non-hydrogen) atoms. The van der Waals surface area contributed by atoms with E-state index < -0.39 is 0 Å². The van der Waals surface area contributed by atoms with Gasteiger partial charge in [0.05, 0.1) is 29.7 Å². The van der Waals surface area contributed by atoms with Gasteiger partial charge in [-0.2, -0.15) is 0 Å². The monoisotopic (exact) mass is 300 g/mol. The van der Waals surface area contributed by atoms with Crippen LogP contribution in [0.3, 0.4) is 0 Å².